The number of hydrogen-bond donors (Lipinski definition) is 2. The summed E-state index contributed by atoms with van der Waals surface area (Å²) in [4.78, 5) is 12.0. The van der Waals surface area contributed by atoms with Gasteiger partial charge in [-0.05, 0) is 43.2 Å². The molecule has 1 heterocycles. The van der Waals surface area contributed by atoms with E-state index in [2.05, 4.69) is 16.5 Å². The smallest absolute Gasteiger partial charge is 0.251 e. The van der Waals surface area contributed by atoms with E-state index in [1.54, 1.807) is 0 Å². The summed E-state index contributed by atoms with van der Waals surface area (Å²) in [6.45, 7) is 0.279. The first-order valence-corrected chi connectivity index (χ1v) is 8.57. The maximum absolute atomic E-state index is 13.2. The maximum atomic E-state index is 13.2. The van der Waals surface area contributed by atoms with Crippen molar-refractivity contribution in [2.24, 2.45) is 0 Å². The number of nitrogens with zero attached hydrogens (tertiary/aromatic N) is 3. The van der Waals surface area contributed by atoms with Gasteiger partial charge in [-0.2, -0.15) is 10.4 Å². The number of nitrogens with one attached hydrogen (secondary N) is 1. The first kappa shape index (κ1) is 19.0. The van der Waals surface area contributed by atoms with Gasteiger partial charge in [0.05, 0.1) is 11.4 Å². The molecule has 142 valence electrons. The highest BCUT2D eigenvalue weighted by molar-refractivity contribution is 5.94. The third kappa shape index (κ3) is 3.99. The molecule has 0 unspecified atom stereocenters. The highest BCUT2D eigenvalue weighted by Crippen LogP contribution is 2.21. The fourth-order valence-electron chi connectivity index (χ4n) is 2.74. The molecule has 3 N–H and O–H groups in total. The Morgan fingerprint density at radius 1 is 1.18 bits per heavy atom. The maximum Gasteiger partial charge on any atom is 0.251 e. The van der Waals surface area contributed by atoms with E-state index in [0.29, 0.717) is 24.1 Å². The Bertz CT molecular complexity index is 1040. The fourth-order valence-corrected chi connectivity index (χ4v) is 2.74. The number of anilines is 1. The van der Waals surface area contributed by atoms with E-state index < -0.39 is 17.5 Å². The third-order valence-electron chi connectivity index (χ3n) is 4.16. The second-order valence-corrected chi connectivity index (χ2v) is 6.05. The van der Waals surface area contributed by atoms with Crippen LogP contribution in [-0.4, -0.2) is 22.2 Å². The fraction of sp³-hybridized carbons (Fsp3) is 0.150. The molecule has 3 rings (SSSR count). The van der Waals surface area contributed by atoms with Crippen molar-refractivity contribution in [3.05, 3.63) is 77.0 Å². The summed E-state index contributed by atoms with van der Waals surface area (Å²) >= 11 is 0. The first-order chi connectivity index (χ1) is 13.5. The molecular formula is C20H17F2N5O. The molecule has 0 aliphatic heterocycles. The minimum atomic E-state index is -1.08. The van der Waals surface area contributed by atoms with Crippen LogP contribution in [0.1, 0.15) is 28.0 Å². The topological polar surface area (TPSA) is 96.7 Å². The predicted octanol–water partition coefficient (Wildman–Crippen LogP) is 2.97. The van der Waals surface area contributed by atoms with Crippen molar-refractivity contribution in [1.29, 1.82) is 5.26 Å². The molecule has 1 amide bonds. The average Bonchev–Trinajstić information content (AvgIpc) is 3.03. The second kappa shape index (κ2) is 8.31. The number of para-hydroxylation sites is 1. The summed E-state index contributed by atoms with van der Waals surface area (Å²) in [7, 11) is 0. The number of hydrogen-bond acceptors (Lipinski definition) is 4. The van der Waals surface area contributed by atoms with Gasteiger partial charge in [-0.15, -0.1) is 0 Å². The molecule has 1 aromatic heterocycles. The minimum Gasteiger partial charge on any atom is -0.382 e. The van der Waals surface area contributed by atoms with Crippen LogP contribution >= 0.6 is 0 Å². The molecule has 8 heteroatoms. The number of benzene rings is 2. The number of nitriles is 1. The van der Waals surface area contributed by atoms with Gasteiger partial charge in [-0.3, -0.25) is 4.79 Å². The first-order valence-electron chi connectivity index (χ1n) is 8.57. The van der Waals surface area contributed by atoms with E-state index in [1.165, 1.54) is 10.7 Å². The van der Waals surface area contributed by atoms with Gasteiger partial charge in [0.15, 0.2) is 11.6 Å². The predicted molar refractivity (Wildman–Crippen MR) is 99.7 cm³/mol. The van der Waals surface area contributed by atoms with Gasteiger partial charge in [0.25, 0.3) is 5.91 Å². The molecule has 0 saturated carbocycles. The minimum absolute atomic E-state index is 0.0363. The molecule has 0 aliphatic carbocycles. The Labute approximate surface area is 160 Å². The number of carbonyl (C=O) groups excluding carboxylic acids is 1. The van der Waals surface area contributed by atoms with Gasteiger partial charge in [-0.1, -0.05) is 18.2 Å². The summed E-state index contributed by atoms with van der Waals surface area (Å²) in [6, 6.07) is 14.2. The van der Waals surface area contributed by atoms with E-state index in [4.69, 9.17) is 5.73 Å². The number of rotatable bonds is 6. The van der Waals surface area contributed by atoms with Crippen molar-refractivity contribution in [3.63, 3.8) is 0 Å². The molecule has 0 fully saturated rings. The van der Waals surface area contributed by atoms with Crippen LogP contribution in [0.25, 0.3) is 5.69 Å². The molecule has 3 aromatic rings. The Kier molecular flexibility index (Phi) is 5.65. The van der Waals surface area contributed by atoms with Crippen LogP contribution in [0.15, 0.2) is 48.5 Å². The zero-order chi connectivity index (χ0) is 20.1. The number of carbonyl (C=O) groups is 1. The van der Waals surface area contributed by atoms with Crippen molar-refractivity contribution in [2.75, 3.05) is 12.3 Å². The van der Waals surface area contributed by atoms with E-state index in [1.807, 2.05) is 30.3 Å². The van der Waals surface area contributed by atoms with Crippen molar-refractivity contribution < 1.29 is 13.6 Å². The van der Waals surface area contributed by atoms with Gasteiger partial charge in [0.1, 0.15) is 17.5 Å². The van der Waals surface area contributed by atoms with Crippen LogP contribution in [0.2, 0.25) is 0 Å². The van der Waals surface area contributed by atoms with Crippen LogP contribution in [0.4, 0.5) is 14.6 Å². The van der Waals surface area contributed by atoms with E-state index >= 15 is 0 Å². The van der Waals surface area contributed by atoms with Gasteiger partial charge in [0, 0.05) is 12.1 Å². The summed E-state index contributed by atoms with van der Waals surface area (Å²) in [5, 5.41) is 16.4. The number of nitrogen functional groups attached to an aromatic ring is 1. The summed E-state index contributed by atoms with van der Waals surface area (Å²) in [5.41, 5.74) is 7.66. The Morgan fingerprint density at radius 2 is 1.93 bits per heavy atom. The summed E-state index contributed by atoms with van der Waals surface area (Å²) < 4.78 is 27.6. The molecule has 0 atom stereocenters. The highest BCUT2D eigenvalue weighted by Gasteiger charge is 2.16. The van der Waals surface area contributed by atoms with Crippen LogP contribution in [-0.2, 0) is 6.42 Å². The number of halogens is 2. The number of amides is 1. The Hall–Kier alpha value is -3.73. The lowest BCUT2D eigenvalue weighted by Gasteiger charge is -2.05. The van der Waals surface area contributed by atoms with Crippen LogP contribution < -0.4 is 11.1 Å². The zero-order valence-electron chi connectivity index (χ0n) is 14.8. The lowest BCUT2D eigenvalue weighted by Crippen LogP contribution is -2.25. The monoisotopic (exact) mass is 381 g/mol. The van der Waals surface area contributed by atoms with Gasteiger partial charge in [-0.25, -0.2) is 13.5 Å². The number of aryl methyl sites for hydroxylation is 1. The van der Waals surface area contributed by atoms with Crippen molar-refractivity contribution >= 4 is 11.7 Å². The van der Waals surface area contributed by atoms with Crippen molar-refractivity contribution in [1.82, 2.24) is 15.1 Å². The van der Waals surface area contributed by atoms with Crippen LogP contribution in [0.5, 0.6) is 0 Å². The molecule has 2 aromatic carbocycles. The zero-order valence-corrected chi connectivity index (χ0v) is 14.8. The van der Waals surface area contributed by atoms with E-state index in [9.17, 15) is 18.8 Å². The van der Waals surface area contributed by atoms with Gasteiger partial charge < -0.3 is 11.1 Å². The highest BCUT2D eigenvalue weighted by atomic mass is 19.2. The van der Waals surface area contributed by atoms with Crippen molar-refractivity contribution in [3.8, 4) is 11.8 Å². The second-order valence-electron chi connectivity index (χ2n) is 6.05. The molecule has 0 aliphatic rings. The average molecular weight is 381 g/mol. The molecule has 0 bridgehead atoms. The number of nitrogens with two attached hydrogens (primary N) is 1. The molecule has 6 nitrogen and oxygen atoms in total. The Balaban J connectivity index is 1.63. The lowest BCUT2D eigenvalue weighted by molar-refractivity contribution is 0.0952. The molecule has 0 spiro atoms. The SMILES string of the molecule is N#Cc1c(CCCNC(=O)c2ccc(F)c(F)c2)nn(-c2ccccc2)c1N. The molecule has 0 saturated heterocycles. The van der Waals surface area contributed by atoms with Crippen LogP contribution in [0, 0.1) is 23.0 Å². The summed E-state index contributed by atoms with van der Waals surface area (Å²) in [5.74, 6) is -2.33. The number of aromatic nitrogens is 2. The van der Waals surface area contributed by atoms with Gasteiger partial charge >= 0.3 is 0 Å². The largest absolute Gasteiger partial charge is 0.382 e. The van der Waals surface area contributed by atoms with E-state index in [-0.39, 0.29) is 17.9 Å². The molecule has 0 radical (unpaired) electrons. The summed E-state index contributed by atoms with van der Waals surface area (Å²) in [6.07, 6.45) is 0.917. The third-order valence-corrected chi connectivity index (χ3v) is 4.16. The van der Waals surface area contributed by atoms with E-state index in [0.717, 1.165) is 17.8 Å². The normalized spacial score (nSPS) is 10.5. The quantitative estimate of drug-likeness (QED) is 0.642. The van der Waals surface area contributed by atoms with Crippen molar-refractivity contribution in [2.45, 2.75) is 12.8 Å². The Morgan fingerprint density at radius 3 is 2.61 bits per heavy atom. The van der Waals surface area contributed by atoms with Gasteiger partial charge in [0.2, 0.25) is 0 Å². The standard InChI is InChI=1S/C20H17F2N5O/c21-16-9-8-13(11-17(16)22)20(28)25-10-4-7-18-15(12-23)19(24)27(26-18)14-5-2-1-3-6-14/h1-3,5-6,8-9,11H,4,7,10,24H2,(H,25,28). The molecular weight excluding hydrogens is 364 g/mol. The van der Waals surface area contributed by atoms with Crippen LogP contribution in [0.3, 0.4) is 0 Å². The lowest BCUT2D eigenvalue weighted by atomic mass is 10.1. The molecule has 28 heavy (non-hydrogen) atoms.